The Morgan fingerprint density at radius 1 is 0.963 bits per heavy atom. The van der Waals surface area contributed by atoms with Crippen LogP contribution in [0.2, 0.25) is 0 Å². The Kier molecular flexibility index (Phi) is 5.33. The zero-order chi connectivity index (χ0) is 19.4. The van der Waals surface area contributed by atoms with Gasteiger partial charge in [0.25, 0.3) is 0 Å². The van der Waals surface area contributed by atoms with E-state index in [1.165, 1.54) is 18.9 Å². The molecular formula is C20H18N2O5. The van der Waals surface area contributed by atoms with Gasteiger partial charge in [-0.05, 0) is 17.7 Å². The average Bonchev–Trinajstić information content (AvgIpc) is 3.14. The number of hydrogen-bond donors (Lipinski definition) is 1. The van der Waals surface area contributed by atoms with E-state index in [0.29, 0.717) is 16.8 Å². The number of benzene rings is 2. The predicted molar refractivity (Wildman–Crippen MR) is 97.6 cm³/mol. The molecule has 3 aromatic rings. The molecule has 0 saturated carbocycles. The molecule has 0 aliphatic carbocycles. The van der Waals surface area contributed by atoms with Gasteiger partial charge in [0.05, 0.1) is 26.5 Å². The van der Waals surface area contributed by atoms with Crippen molar-refractivity contribution < 1.29 is 24.2 Å². The fourth-order valence-electron chi connectivity index (χ4n) is 2.72. The van der Waals surface area contributed by atoms with Crippen LogP contribution in [0.5, 0.6) is 0 Å². The SMILES string of the molecule is COC(=O)c1c(-c2ccc(CO)cc2)nn(-c2ccccc2)c1C(=O)OC. The predicted octanol–water partition coefficient (Wildman–Crippen LogP) is 2.60. The molecule has 0 aliphatic heterocycles. The zero-order valence-electron chi connectivity index (χ0n) is 14.9. The highest BCUT2D eigenvalue weighted by Crippen LogP contribution is 2.29. The van der Waals surface area contributed by atoms with E-state index in [-0.39, 0.29) is 23.6 Å². The highest BCUT2D eigenvalue weighted by Gasteiger charge is 2.31. The van der Waals surface area contributed by atoms with Crippen LogP contribution in [0.1, 0.15) is 26.4 Å². The van der Waals surface area contributed by atoms with E-state index >= 15 is 0 Å². The zero-order valence-corrected chi connectivity index (χ0v) is 14.9. The summed E-state index contributed by atoms with van der Waals surface area (Å²) in [5.41, 5.74) is 2.21. The summed E-state index contributed by atoms with van der Waals surface area (Å²) in [5.74, 6) is -1.40. The molecule has 0 spiro atoms. The van der Waals surface area contributed by atoms with Crippen molar-refractivity contribution in [1.82, 2.24) is 9.78 Å². The molecule has 27 heavy (non-hydrogen) atoms. The second kappa shape index (κ2) is 7.84. The van der Waals surface area contributed by atoms with Crippen molar-refractivity contribution >= 4 is 11.9 Å². The first-order valence-electron chi connectivity index (χ1n) is 8.16. The van der Waals surface area contributed by atoms with Gasteiger partial charge in [0.15, 0.2) is 5.69 Å². The molecule has 7 heteroatoms. The molecule has 1 heterocycles. The van der Waals surface area contributed by atoms with Gasteiger partial charge in [-0.3, -0.25) is 0 Å². The maximum absolute atomic E-state index is 12.5. The number of aromatic nitrogens is 2. The van der Waals surface area contributed by atoms with Gasteiger partial charge in [0, 0.05) is 5.56 Å². The number of methoxy groups -OCH3 is 2. The van der Waals surface area contributed by atoms with Crippen LogP contribution >= 0.6 is 0 Å². The number of ether oxygens (including phenoxy) is 2. The van der Waals surface area contributed by atoms with Gasteiger partial charge >= 0.3 is 11.9 Å². The third-order valence-electron chi connectivity index (χ3n) is 4.06. The van der Waals surface area contributed by atoms with Gasteiger partial charge in [0.2, 0.25) is 0 Å². The molecule has 2 aromatic carbocycles. The number of aliphatic hydroxyl groups excluding tert-OH is 1. The third kappa shape index (κ3) is 3.45. The second-order valence-corrected chi connectivity index (χ2v) is 5.66. The van der Waals surface area contributed by atoms with Crippen molar-refractivity contribution in [2.45, 2.75) is 6.61 Å². The number of para-hydroxylation sites is 1. The normalized spacial score (nSPS) is 10.5. The van der Waals surface area contributed by atoms with Crippen molar-refractivity contribution in [2.24, 2.45) is 0 Å². The Bertz CT molecular complexity index is 962. The van der Waals surface area contributed by atoms with Gasteiger partial charge in [0.1, 0.15) is 11.3 Å². The van der Waals surface area contributed by atoms with E-state index in [0.717, 1.165) is 0 Å². The molecule has 1 N–H and O–H groups in total. The summed E-state index contributed by atoms with van der Waals surface area (Å²) in [5, 5.41) is 13.7. The van der Waals surface area contributed by atoms with Crippen LogP contribution in [0.25, 0.3) is 16.9 Å². The van der Waals surface area contributed by atoms with E-state index < -0.39 is 11.9 Å². The summed E-state index contributed by atoms with van der Waals surface area (Å²) in [6.07, 6.45) is 0. The van der Waals surface area contributed by atoms with Crippen molar-refractivity contribution in [3.63, 3.8) is 0 Å². The maximum atomic E-state index is 12.5. The summed E-state index contributed by atoms with van der Waals surface area (Å²) in [6.45, 7) is -0.101. The maximum Gasteiger partial charge on any atom is 0.357 e. The molecule has 138 valence electrons. The van der Waals surface area contributed by atoms with E-state index in [1.807, 2.05) is 6.07 Å². The average molecular weight is 366 g/mol. The van der Waals surface area contributed by atoms with Gasteiger partial charge in [-0.1, -0.05) is 42.5 Å². The van der Waals surface area contributed by atoms with E-state index in [4.69, 9.17) is 9.47 Å². The summed E-state index contributed by atoms with van der Waals surface area (Å²) in [4.78, 5) is 25.0. The lowest BCUT2D eigenvalue weighted by molar-refractivity contribution is 0.0549. The molecule has 0 amide bonds. The number of nitrogens with zero attached hydrogens (tertiary/aromatic N) is 2. The van der Waals surface area contributed by atoms with Crippen molar-refractivity contribution in [2.75, 3.05) is 14.2 Å². The van der Waals surface area contributed by atoms with Crippen LogP contribution in [0, 0.1) is 0 Å². The Morgan fingerprint density at radius 2 is 1.59 bits per heavy atom. The topological polar surface area (TPSA) is 90.6 Å². The third-order valence-corrected chi connectivity index (χ3v) is 4.06. The highest BCUT2D eigenvalue weighted by molar-refractivity contribution is 6.06. The molecule has 0 atom stereocenters. The molecule has 1 aromatic heterocycles. The first kappa shape index (κ1) is 18.3. The Labute approximate surface area is 155 Å². The van der Waals surface area contributed by atoms with Crippen LogP contribution < -0.4 is 0 Å². The molecule has 0 radical (unpaired) electrons. The Morgan fingerprint density at radius 3 is 2.15 bits per heavy atom. The molecule has 3 rings (SSSR count). The number of carbonyl (C=O) groups is 2. The van der Waals surface area contributed by atoms with Gasteiger partial charge in [-0.2, -0.15) is 5.10 Å². The number of hydrogen-bond acceptors (Lipinski definition) is 6. The van der Waals surface area contributed by atoms with Crippen LogP contribution in [0.4, 0.5) is 0 Å². The highest BCUT2D eigenvalue weighted by atomic mass is 16.5. The van der Waals surface area contributed by atoms with Crippen LogP contribution in [0.15, 0.2) is 54.6 Å². The van der Waals surface area contributed by atoms with E-state index in [2.05, 4.69) is 5.10 Å². The molecule has 0 unspecified atom stereocenters. The number of esters is 2. The summed E-state index contributed by atoms with van der Waals surface area (Å²) in [6, 6.07) is 15.8. The van der Waals surface area contributed by atoms with Gasteiger partial charge < -0.3 is 14.6 Å². The molecule has 0 fully saturated rings. The lowest BCUT2D eigenvalue weighted by Crippen LogP contribution is -2.15. The molecule has 0 saturated heterocycles. The lowest BCUT2D eigenvalue weighted by Gasteiger charge is -2.07. The lowest BCUT2D eigenvalue weighted by atomic mass is 10.0. The first-order valence-corrected chi connectivity index (χ1v) is 8.16. The summed E-state index contributed by atoms with van der Waals surface area (Å²) in [7, 11) is 2.48. The fourth-order valence-corrected chi connectivity index (χ4v) is 2.72. The first-order chi connectivity index (χ1) is 13.1. The summed E-state index contributed by atoms with van der Waals surface area (Å²) >= 11 is 0. The number of carbonyl (C=O) groups excluding carboxylic acids is 2. The van der Waals surface area contributed by atoms with Gasteiger partial charge in [-0.15, -0.1) is 0 Å². The minimum absolute atomic E-state index is 0.0169. The molecule has 0 bridgehead atoms. The summed E-state index contributed by atoms with van der Waals surface area (Å²) < 4.78 is 11.1. The fraction of sp³-hybridized carbons (Fsp3) is 0.150. The van der Waals surface area contributed by atoms with Crippen molar-refractivity contribution in [3.8, 4) is 16.9 Å². The largest absolute Gasteiger partial charge is 0.465 e. The van der Waals surface area contributed by atoms with Crippen LogP contribution in [0.3, 0.4) is 0 Å². The van der Waals surface area contributed by atoms with E-state index in [9.17, 15) is 14.7 Å². The molecule has 7 nitrogen and oxygen atoms in total. The second-order valence-electron chi connectivity index (χ2n) is 5.66. The molecular weight excluding hydrogens is 348 g/mol. The Balaban J connectivity index is 2.30. The van der Waals surface area contributed by atoms with Crippen LogP contribution in [-0.2, 0) is 16.1 Å². The van der Waals surface area contributed by atoms with Gasteiger partial charge in [-0.25, -0.2) is 14.3 Å². The Hall–Kier alpha value is -3.45. The number of rotatable bonds is 5. The van der Waals surface area contributed by atoms with Crippen molar-refractivity contribution in [3.05, 3.63) is 71.4 Å². The van der Waals surface area contributed by atoms with Crippen LogP contribution in [-0.4, -0.2) is 41.0 Å². The monoisotopic (exact) mass is 366 g/mol. The van der Waals surface area contributed by atoms with E-state index in [1.54, 1.807) is 48.5 Å². The minimum atomic E-state index is -0.704. The quantitative estimate of drug-likeness (QED) is 0.698. The smallest absolute Gasteiger partial charge is 0.357 e. The standard InChI is InChI=1S/C20H18N2O5/c1-26-19(24)16-17(14-10-8-13(12-23)9-11-14)21-22(18(16)20(25)27-2)15-6-4-3-5-7-15/h3-11,23H,12H2,1-2H3. The number of aliphatic hydroxyl groups is 1. The minimum Gasteiger partial charge on any atom is -0.465 e. The molecule has 0 aliphatic rings. The van der Waals surface area contributed by atoms with Crippen molar-refractivity contribution in [1.29, 1.82) is 0 Å².